The van der Waals surface area contributed by atoms with Crippen LogP contribution < -0.4 is 10.6 Å². The number of rotatable bonds is 6. The van der Waals surface area contributed by atoms with E-state index in [9.17, 15) is 14.0 Å². The fourth-order valence-corrected chi connectivity index (χ4v) is 2.27. The maximum absolute atomic E-state index is 13.4. The van der Waals surface area contributed by atoms with Gasteiger partial charge in [0.25, 0.3) is 0 Å². The summed E-state index contributed by atoms with van der Waals surface area (Å²) < 4.78 is 13.4. The average Bonchev–Trinajstić information content (AvgIpc) is 2.58. The first-order valence-corrected chi connectivity index (χ1v) is 7.98. The summed E-state index contributed by atoms with van der Waals surface area (Å²) >= 11 is 5.79. The SMILES string of the molecule is O=C(NCCc1ccc(Cl)cc1)C(=O)NCCc1ccccc1F. The average molecular weight is 349 g/mol. The molecule has 2 N–H and O–H groups in total. The van der Waals surface area contributed by atoms with Gasteiger partial charge in [-0.1, -0.05) is 41.9 Å². The molecule has 0 heterocycles. The third-order valence-electron chi connectivity index (χ3n) is 3.46. The van der Waals surface area contributed by atoms with Gasteiger partial charge in [0.05, 0.1) is 0 Å². The zero-order valence-corrected chi connectivity index (χ0v) is 13.8. The first-order valence-electron chi connectivity index (χ1n) is 7.60. The Bertz CT molecular complexity index is 704. The van der Waals surface area contributed by atoms with E-state index in [1.165, 1.54) is 6.07 Å². The van der Waals surface area contributed by atoms with Gasteiger partial charge >= 0.3 is 11.8 Å². The van der Waals surface area contributed by atoms with Crippen molar-refractivity contribution in [1.82, 2.24) is 10.6 Å². The number of carbonyl (C=O) groups excluding carboxylic acids is 2. The first kappa shape index (κ1) is 17.9. The van der Waals surface area contributed by atoms with Crippen molar-refractivity contribution in [3.63, 3.8) is 0 Å². The molecule has 0 unspecified atom stereocenters. The van der Waals surface area contributed by atoms with Gasteiger partial charge in [-0.05, 0) is 42.2 Å². The lowest BCUT2D eigenvalue weighted by Gasteiger charge is -2.07. The van der Waals surface area contributed by atoms with Gasteiger partial charge in [0, 0.05) is 18.1 Å². The van der Waals surface area contributed by atoms with Gasteiger partial charge in [-0.3, -0.25) is 9.59 Å². The van der Waals surface area contributed by atoms with Crippen LogP contribution in [0.2, 0.25) is 5.02 Å². The Kier molecular flexibility index (Phi) is 6.75. The van der Waals surface area contributed by atoms with Crippen molar-refractivity contribution in [2.24, 2.45) is 0 Å². The quantitative estimate of drug-likeness (QED) is 0.788. The molecule has 0 bridgehead atoms. The van der Waals surface area contributed by atoms with Gasteiger partial charge in [-0.25, -0.2) is 4.39 Å². The van der Waals surface area contributed by atoms with E-state index in [0.717, 1.165) is 5.56 Å². The molecule has 2 aromatic carbocycles. The molecular formula is C18H18ClFN2O2. The van der Waals surface area contributed by atoms with Crippen LogP contribution in [-0.2, 0) is 22.4 Å². The summed E-state index contributed by atoms with van der Waals surface area (Å²) in [5.41, 5.74) is 1.51. The zero-order chi connectivity index (χ0) is 17.4. The first-order chi connectivity index (χ1) is 11.6. The standard InChI is InChI=1S/C18H18ClFN2O2/c19-15-7-5-13(6-8-15)9-11-21-17(23)18(24)22-12-10-14-3-1-2-4-16(14)20/h1-8H,9-12H2,(H,21,23)(H,22,24). The molecule has 2 amide bonds. The summed E-state index contributed by atoms with van der Waals surface area (Å²) in [6.07, 6.45) is 0.932. The van der Waals surface area contributed by atoms with Crippen LogP contribution in [0.1, 0.15) is 11.1 Å². The van der Waals surface area contributed by atoms with Crippen molar-refractivity contribution in [2.45, 2.75) is 12.8 Å². The third-order valence-corrected chi connectivity index (χ3v) is 3.71. The van der Waals surface area contributed by atoms with Crippen LogP contribution in [0.3, 0.4) is 0 Å². The van der Waals surface area contributed by atoms with Crippen LogP contribution in [0, 0.1) is 5.82 Å². The minimum Gasteiger partial charge on any atom is -0.348 e. The monoisotopic (exact) mass is 348 g/mol. The Hall–Kier alpha value is -2.40. The van der Waals surface area contributed by atoms with Crippen molar-refractivity contribution in [3.05, 3.63) is 70.5 Å². The van der Waals surface area contributed by atoms with Crippen molar-refractivity contribution in [1.29, 1.82) is 0 Å². The highest BCUT2D eigenvalue weighted by molar-refractivity contribution is 6.35. The lowest BCUT2D eigenvalue weighted by atomic mass is 10.1. The van der Waals surface area contributed by atoms with Crippen LogP contribution in [0.25, 0.3) is 0 Å². The molecular weight excluding hydrogens is 331 g/mol. The zero-order valence-electron chi connectivity index (χ0n) is 13.0. The van der Waals surface area contributed by atoms with Crippen LogP contribution in [0.4, 0.5) is 4.39 Å². The summed E-state index contributed by atoms with van der Waals surface area (Å²) in [6, 6.07) is 13.6. The van der Waals surface area contributed by atoms with Crippen LogP contribution >= 0.6 is 11.6 Å². The van der Waals surface area contributed by atoms with E-state index in [-0.39, 0.29) is 12.4 Å². The molecule has 2 aromatic rings. The van der Waals surface area contributed by atoms with Gasteiger partial charge in [0.15, 0.2) is 0 Å². The summed E-state index contributed by atoms with van der Waals surface area (Å²) in [5.74, 6) is -1.74. The molecule has 0 aliphatic rings. The van der Waals surface area contributed by atoms with Crippen LogP contribution in [0.5, 0.6) is 0 Å². The van der Waals surface area contributed by atoms with E-state index in [2.05, 4.69) is 10.6 Å². The molecule has 0 saturated carbocycles. The van der Waals surface area contributed by atoms with E-state index >= 15 is 0 Å². The second-order valence-corrected chi connectivity index (χ2v) is 5.67. The highest BCUT2D eigenvalue weighted by atomic mass is 35.5. The molecule has 4 nitrogen and oxygen atoms in total. The summed E-state index contributed by atoms with van der Waals surface area (Å²) in [4.78, 5) is 23.3. The van der Waals surface area contributed by atoms with Gasteiger partial charge < -0.3 is 10.6 Å². The highest BCUT2D eigenvalue weighted by Gasteiger charge is 2.12. The van der Waals surface area contributed by atoms with Gasteiger partial charge in [-0.15, -0.1) is 0 Å². The van der Waals surface area contributed by atoms with Crippen molar-refractivity contribution in [2.75, 3.05) is 13.1 Å². The van der Waals surface area contributed by atoms with E-state index in [4.69, 9.17) is 11.6 Å². The molecule has 0 aromatic heterocycles. The number of benzene rings is 2. The molecule has 0 fully saturated rings. The second-order valence-electron chi connectivity index (χ2n) is 5.23. The molecule has 0 radical (unpaired) electrons. The molecule has 0 aliphatic heterocycles. The van der Waals surface area contributed by atoms with Crippen molar-refractivity contribution < 1.29 is 14.0 Å². The van der Waals surface area contributed by atoms with Crippen LogP contribution in [-0.4, -0.2) is 24.9 Å². The van der Waals surface area contributed by atoms with Crippen LogP contribution in [0.15, 0.2) is 48.5 Å². The van der Waals surface area contributed by atoms with E-state index < -0.39 is 11.8 Å². The fourth-order valence-electron chi connectivity index (χ4n) is 2.14. The fraction of sp³-hybridized carbons (Fsp3) is 0.222. The normalized spacial score (nSPS) is 10.2. The van der Waals surface area contributed by atoms with E-state index in [1.54, 1.807) is 30.3 Å². The van der Waals surface area contributed by atoms with Crippen molar-refractivity contribution in [3.8, 4) is 0 Å². The molecule has 0 saturated heterocycles. The molecule has 24 heavy (non-hydrogen) atoms. The lowest BCUT2D eigenvalue weighted by Crippen LogP contribution is -2.41. The Balaban J connectivity index is 1.67. The summed E-state index contributed by atoms with van der Waals surface area (Å²) in [5, 5.41) is 5.68. The maximum Gasteiger partial charge on any atom is 0.309 e. The second kappa shape index (κ2) is 9.03. The number of nitrogens with one attached hydrogen (secondary N) is 2. The lowest BCUT2D eigenvalue weighted by molar-refractivity contribution is -0.139. The topological polar surface area (TPSA) is 58.2 Å². The highest BCUT2D eigenvalue weighted by Crippen LogP contribution is 2.09. The predicted molar refractivity (Wildman–Crippen MR) is 91.3 cm³/mol. The number of carbonyl (C=O) groups is 2. The number of hydrogen-bond donors (Lipinski definition) is 2. The smallest absolute Gasteiger partial charge is 0.309 e. The Morgan fingerprint density at radius 2 is 1.46 bits per heavy atom. The number of hydrogen-bond acceptors (Lipinski definition) is 2. The molecule has 126 valence electrons. The maximum atomic E-state index is 13.4. The minimum absolute atomic E-state index is 0.199. The van der Waals surface area contributed by atoms with Crippen molar-refractivity contribution >= 4 is 23.4 Å². The number of halogens is 2. The largest absolute Gasteiger partial charge is 0.348 e. The number of amides is 2. The minimum atomic E-state index is -0.720. The van der Waals surface area contributed by atoms with Gasteiger partial charge in [0.1, 0.15) is 5.82 Å². The van der Waals surface area contributed by atoms with Gasteiger partial charge in [0.2, 0.25) is 0 Å². The van der Waals surface area contributed by atoms with Gasteiger partial charge in [-0.2, -0.15) is 0 Å². The predicted octanol–water partition coefficient (Wildman–Crippen LogP) is 2.50. The van der Waals surface area contributed by atoms with E-state index in [1.807, 2.05) is 12.1 Å². The molecule has 2 rings (SSSR count). The molecule has 0 spiro atoms. The van der Waals surface area contributed by atoms with E-state index in [0.29, 0.717) is 30.0 Å². The molecule has 6 heteroatoms. The Labute approximate surface area is 145 Å². The summed E-state index contributed by atoms with van der Waals surface area (Å²) in [7, 11) is 0. The molecule has 0 atom stereocenters. The Morgan fingerprint density at radius 3 is 2.08 bits per heavy atom. The Morgan fingerprint density at radius 1 is 0.875 bits per heavy atom. The molecule has 0 aliphatic carbocycles. The summed E-state index contributed by atoms with van der Waals surface area (Å²) in [6.45, 7) is 0.547. The third kappa shape index (κ3) is 5.66.